The van der Waals surface area contributed by atoms with Crippen molar-refractivity contribution in [1.29, 1.82) is 0 Å². The predicted molar refractivity (Wildman–Crippen MR) is 113 cm³/mol. The molecule has 30 heavy (non-hydrogen) atoms. The summed E-state index contributed by atoms with van der Waals surface area (Å²) in [4.78, 5) is 29.3. The lowest BCUT2D eigenvalue weighted by Crippen LogP contribution is -2.02. The molecule has 0 atom stereocenters. The van der Waals surface area contributed by atoms with E-state index in [1.54, 1.807) is 23.0 Å². The first-order valence-corrected chi connectivity index (χ1v) is 8.79. The Bertz CT molecular complexity index is 1020. The molecule has 0 aliphatic rings. The van der Waals surface area contributed by atoms with Crippen LogP contribution in [0.5, 0.6) is 23.0 Å². The fourth-order valence-corrected chi connectivity index (χ4v) is 3.01. The van der Waals surface area contributed by atoms with Gasteiger partial charge in [-0.3, -0.25) is 9.59 Å². The molecule has 0 saturated heterocycles. The maximum Gasteiger partial charge on any atom is 0.249 e. The lowest BCUT2D eigenvalue weighted by atomic mass is 9.97. The van der Waals surface area contributed by atoms with Gasteiger partial charge in [0.1, 0.15) is 0 Å². The summed E-state index contributed by atoms with van der Waals surface area (Å²) in [6, 6.07) is 5.45. The van der Waals surface area contributed by atoms with Crippen molar-refractivity contribution in [2.45, 2.75) is 0 Å². The number of amides is 2. The van der Waals surface area contributed by atoms with E-state index in [4.69, 9.17) is 28.3 Å². The second kappa shape index (κ2) is 10.2. The number of azide groups is 2. The standard InChI is InChI=1S/C17H13IN6O6/c1-27-12-6-8(16(25)21-23-19)4-10(14(12)28-2)11-5-9(17(26)22-24-20)7-13(30-18)15(11)29-3/h4-7H,1-3H3. The zero-order chi connectivity index (χ0) is 22.3. The van der Waals surface area contributed by atoms with Crippen LogP contribution in [-0.2, 0) is 0 Å². The van der Waals surface area contributed by atoms with Crippen LogP contribution in [0.4, 0.5) is 0 Å². The summed E-state index contributed by atoms with van der Waals surface area (Å²) in [5.41, 5.74) is 17.7. The van der Waals surface area contributed by atoms with E-state index in [1.165, 1.54) is 45.6 Å². The minimum atomic E-state index is -0.858. The minimum absolute atomic E-state index is 0.00283. The Balaban J connectivity index is 2.95. The van der Waals surface area contributed by atoms with Crippen molar-refractivity contribution in [3.63, 3.8) is 0 Å². The molecule has 2 aromatic carbocycles. The molecule has 0 radical (unpaired) electrons. The number of halogens is 1. The van der Waals surface area contributed by atoms with Crippen LogP contribution in [0.25, 0.3) is 32.0 Å². The largest absolute Gasteiger partial charge is 0.493 e. The van der Waals surface area contributed by atoms with E-state index in [-0.39, 0.29) is 45.3 Å². The van der Waals surface area contributed by atoms with Gasteiger partial charge in [0, 0.05) is 32.1 Å². The van der Waals surface area contributed by atoms with Gasteiger partial charge < -0.3 is 17.3 Å². The van der Waals surface area contributed by atoms with Gasteiger partial charge in [-0.05, 0) is 45.6 Å². The Morgan fingerprint density at radius 2 is 1.23 bits per heavy atom. The van der Waals surface area contributed by atoms with Crippen molar-refractivity contribution in [3.8, 4) is 34.1 Å². The molecule has 12 nitrogen and oxygen atoms in total. The van der Waals surface area contributed by atoms with Crippen molar-refractivity contribution >= 4 is 34.8 Å². The van der Waals surface area contributed by atoms with Crippen molar-refractivity contribution < 1.29 is 26.9 Å². The van der Waals surface area contributed by atoms with Crippen molar-refractivity contribution in [1.82, 2.24) is 0 Å². The summed E-state index contributed by atoms with van der Waals surface area (Å²) in [5, 5.41) is 6.17. The molecule has 0 unspecified atom stereocenters. The highest BCUT2D eigenvalue weighted by Gasteiger charge is 2.23. The molecule has 0 aliphatic carbocycles. The monoisotopic (exact) mass is 524 g/mol. The number of carbonyl (C=O) groups excluding carboxylic acids is 2. The average Bonchev–Trinajstić information content (AvgIpc) is 2.77. The van der Waals surface area contributed by atoms with Crippen molar-refractivity contribution in [2.24, 2.45) is 10.2 Å². The van der Waals surface area contributed by atoms with Crippen LogP contribution in [0.15, 0.2) is 34.5 Å². The third-order valence-corrected chi connectivity index (χ3v) is 4.35. The summed E-state index contributed by atoms with van der Waals surface area (Å²) >= 11 is 1.60. The minimum Gasteiger partial charge on any atom is -0.493 e. The maximum atomic E-state index is 12.2. The maximum absolute atomic E-state index is 12.2. The van der Waals surface area contributed by atoms with E-state index in [9.17, 15) is 9.59 Å². The summed E-state index contributed by atoms with van der Waals surface area (Å²) in [6.45, 7) is 0. The molecule has 2 aromatic rings. The van der Waals surface area contributed by atoms with Gasteiger partial charge in [-0.15, -0.1) is 0 Å². The number of benzene rings is 2. The SMILES string of the molecule is COc1cc(C(=O)N=[N+]=[N-])cc(-c2cc(C(=O)N=[N+]=[N-])cc(OI)c2OC)c1OC. The van der Waals surface area contributed by atoms with Gasteiger partial charge in [-0.25, -0.2) is 0 Å². The van der Waals surface area contributed by atoms with Gasteiger partial charge in [-0.1, -0.05) is 0 Å². The Hall–Kier alpha value is -3.67. The Morgan fingerprint density at radius 3 is 1.60 bits per heavy atom. The fraction of sp³-hybridized carbons (Fsp3) is 0.176. The molecule has 154 valence electrons. The summed E-state index contributed by atoms with van der Waals surface area (Å²) < 4.78 is 21.4. The molecule has 13 heteroatoms. The van der Waals surface area contributed by atoms with Crippen LogP contribution >= 0.6 is 23.0 Å². The van der Waals surface area contributed by atoms with E-state index in [0.29, 0.717) is 0 Å². The number of nitrogens with zero attached hydrogens (tertiary/aromatic N) is 6. The molecule has 0 spiro atoms. The summed E-state index contributed by atoms with van der Waals surface area (Å²) in [5.74, 6) is -0.984. The molecule has 0 N–H and O–H groups in total. The van der Waals surface area contributed by atoms with E-state index < -0.39 is 11.8 Å². The average molecular weight is 524 g/mol. The fourth-order valence-electron chi connectivity index (χ4n) is 2.68. The van der Waals surface area contributed by atoms with Gasteiger partial charge in [0.2, 0.25) is 11.8 Å². The Morgan fingerprint density at radius 1 is 0.800 bits per heavy atom. The molecule has 0 heterocycles. The zero-order valence-electron chi connectivity index (χ0n) is 15.8. The van der Waals surface area contributed by atoms with Gasteiger partial charge >= 0.3 is 0 Å². The van der Waals surface area contributed by atoms with Gasteiger partial charge in [0.25, 0.3) is 0 Å². The Kier molecular flexibility index (Phi) is 7.69. The predicted octanol–water partition coefficient (Wildman–Crippen LogP) is 5.01. The van der Waals surface area contributed by atoms with Crippen LogP contribution in [0.3, 0.4) is 0 Å². The third-order valence-electron chi connectivity index (χ3n) is 3.88. The highest BCUT2D eigenvalue weighted by molar-refractivity contribution is 14.1. The van der Waals surface area contributed by atoms with Gasteiger partial charge in [0.05, 0.1) is 21.3 Å². The first-order chi connectivity index (χ1) is 14.4. The highest BCUT2D eigenvalue weighted by atomic mass is 127. The van der Waals surface area contributed by atoms with Crippen LogP contribution in [-0.4, -0.2) is 33.1 Å². The quantitative estimate of drug-likeness (QED) is 0.213. The number of rotatable bonds is 7. The number of hydrogen-bond acceptors (Lipinski definition) is 6. The number of methoxy groups -OCH3 is 3. The number of hydrogen-bond donors (Lipinski definition) is 0. The molecule has 0 aromatic heterocycles. The summed E-state index contributed by atoms with van der Waals surface area (Å²) in [6.07, 6.45) is 0. The van der Waals surface area contributed by atoms with Crippen LogP contribution < -0.4 is 17.3 Å². The molecular formula is C17H13IN6O6. The molecule has 0 aliphatic heterocycles. The second-order valence-corrected chi connectivity index (χ2v) is 5.82. The molecule has 2 rings (SSSR count). The molecule has 2 amide bonds. The normalized spacial score (nSPS) is 9.60. The lowest BCUT2D eigenvalue weighted by molar-refractivity contribution is 0.0991. The first kappa shape index (κ1) is 22.6. The van der Waals surface area contributed by atoms with E-state index in [2.05, 4.69) is 20.1 Å². The molecule has 0 bridgehead atoms. The molecular weight excluding hydrogens is 511 g/mol. The van der Waals surface area contributed by atoms with Gasteiger partial charge in [0.15, 0.2) is 46.0 Å². The second-order valence-electron chi connectivity index (χ2n) is 5.38. The molecule has 0 saturated carbocycles. The van der Waals surface area contributed by atoms with Crippen LogP contribution in [0.2, 0.25) is 0 Å². The summed E-state index contributed by atoms with van der Waals surface area (Å²) in [7, 11) is 4.13. The van der Waals surface area contributed by atoms with E-state index in [0.717, 1.165) is 0 Å². The van der Waals surface area contributed by atoms with Crippen molar-refractivity contribution in [3.05, 3.63) is 56.3 Å². The first-order valence-electron chi connectivity index (χ1n) is 7.91. The zero-order valence-corrected chi connectivity index (χ0v) is 18.0. The van der Waals surface area contributed by atoms with Gasteiger partial charge in [-0.2, -0.15) is 0 Å². The number of carbonyl (C=O) groups is 2. The van der Waals surface area contributed by atoms with E-state index >= 15 is 0 Å². The molecule has 0 fully saturated rings. The Labute approximate surface area is 183 Å². The van der Waals surface area contributed by atoms with E-state index in [1.807, 2.05) is 0 Å². The van der Waals surface area contributed by atoms with Crippen LogP contribution in [0, 0.1) is 0 Å². The van der Waals surface area contributed by atoms with Crippen LogP contribution in [0.1, 0.15) is 20.7 Å². The topological polar surface area (TPSA) is 169 Å². The van der Waals surface area contributed by atoms with Crippen molar-refractivity contribution in [2.75, 3.05) is 21.3 Å². The smallest absolute Gasteiger partial charge is 0.249 e. The lowest BCUT2D eigenvalue weighted by Gasteiger charge is -2.18. The third kappa shape index (κ3) is 4.49. The highest BCUT2D eigenvalue weighted by Crippen LogP contribution is 2.47. The number of ether oxygens (including phenoxy) is 3.